The molecule has 21 heavy (non-hydrogen) atoms. The highest BCUT2D eigenvalue weighted by molar-refractivity contribution is 5.53. The summed E-state index contributed by atoms with van der Waals surface area (Å²) in [6.45, 7) is 3.27. The van der Waals surface area contributed by atoms with Crippen molar-refractivity contribution in [1.82, 2.24) is 4.90 Å². The summed E-state index contributed by atoms with van der Waals surface area (Å²) >= 11 is 0. The first-order chi connectivity index (χ1) is 10.4. The van der Waals surface area contributed by atoms with Crippen LogP contribution in [0, 0.1) is 0 Å². The summed E-state index contributed by atoms with van der Waals surface area (Å²) in [6, 6.07) is 16.9. The van der Waals surface area contributed by atoms with Crippen molar-refractivity contribution in [1.29, 1.82) is 0 Å². The average Bonchev–Trinajstić information content (AvgIpc) is 2.55. The average molecular weight is 277 g/mol. The molecule has 106 valence electrons. The van der Waals surface area contributed by atoms with Crippen LogP contribution in [0.3, 0.4) is 0 Å². The number of rotatable bonds is 2. The number of para-hydroxylation sites is 2. The van der Waals surface area contributed by atoms with Gasteiger partial charge < -0.3 is 4.74 Å². The third-order valence-corrected chi connectivity index (χ3v) is 4.39. The molecule has 2 aliphatic rings. The second-order valence-electron chi connectivity index (χ2n) is 5.75. The van der Waals surface area contributed by atoms with E-state index >= 15 is 0 Å². The lowest BCUT2D eigenvalue weighted by atomic mass is 9.87. The molecule has 2 aromatic rings. The molecule has 2 heteroatoms. The minimum Gasteiger partial charge on any atom is -0.457 e. The largest absolute Gasteiger partial charge is 0.457 e. The highest BCUT2D eigenvalue weighted by atomic mass is 16.5. The fraction of sp³-hybridized carbons (Fsp3) is 0.263. The Morgan fingerprint density at radius 1 is 0.905 bits per heavy atom. The quantitative estimate of drug-likeness (QED) is 0.763. The number of hydrogen-bond donors (Lipinski definition) is 0. The number of fused-ring (bicyclic) bond motifs is 2. The van der Waals surface area contributed by atoms with Gasteiger partial charge in [-0.2, -0.15) is 0 Å². The van der Waals surface area contributed by atoms with Gasteiger partial charge >= 0.3 is 0 Å². The van der Waals surface area contributed by atoms with E-state index in [0.717, 1.165) is 37.6 Å². The van der Waals surface area contributed by atoms with Crippen LogP contribution >= 0.6 is 0 Å². The minimum atomic E-state index is 0.401. The summed E-state index contributed by atoms with van der Waals surface area (Å²) < 4.78 is 6.06. The van der Waals surface area contributed by atoms with Crippen LogP contribution in [0.5, 0.6) is 11.5 Å². The Balaban J connectivity index is 1.72. The van der Waals surface area contributed by atoms with Crippen molar-refractivity contribution in [3.8, 4) is 11.5 Å². The molecular formula is C19H19NO. The van der Waals surface area contributed by atoms with E-state index in [4.69, 9.17) is 4.74 Å². The second-order valence-corrected chi connectivity index (χ2v) is 5.75. The topological polar surface area (TPSA) is 12.5 Å². The Morgan fingerprint density at radius 2 is 1.57 bits per heavy atom. The number of benzene rings is 2. The Kier molecular flexibility index (Phi) is 3.24. The number of ether oxygens (including phenoxy) is 1. The zero-order valence-corrected chi connectivity index (χ0v) is 12.0. The molecule has 4 rings (SSSR count). The molecule has 0 saturated heterocycles. The Labute approximate surface area is 125 Å². The van der Waals surface area contributed by atoms with Crippen molar-refractivity contribution in [2.24, 2.45) is 0 Å². The van der Waals surface area contributed by atoms with E-state index in [9.17, 15) is 0 Å². The molecule has 0 amide bonds. The molecule has 0 saturated carbocycles. The van der Waals surface area contributed by atoms with E-state index in [1.807, 2.05) is 12.1 Å². The van der Waals surface area contributed by atoms with Gasteiger partial charge in [-0.1, -0.05) is 48.6 Å². The van der Waals surface area contributed by atoms with Crippen LogP contribution in [0.25, 0.3) is 0 Å². The van der Waals surface area contributed by atoms with Crippen molar-refractivity contribution in [2.75, 3.05) is 19.6 Å². The Hall–Kier alpha value is -2.06. The van der Waals surface area contributed by atoms with Crippen LogP contribution in [0.15, 0.2) is 60.7 Å². The highest BCUT2D eigenvalue weighted by Gasteiger charge is 2.28. The molecule has 0 unspecified atom stereocenters. The lowest BCUT2D eigenvalue weighted by Crippen LogP contribution is -2.32. The van der Waals surface area contributed by atoms with Crippen molar-refractivity contribution in [3.63, 3.8) is 0 Å². The molecule has 2 heterocycles. The van der Waals surface area contributed by atoms with Gasteiger partial charge in [-0.25, -0.2) is 0 Å². The Morgan fingerprint density at radius 3 is 2.19 bits per heavy atom. The van der Waals surface area contributed by atoms with Crippen LogP contribution in [0.1, 0.15) is 23.5 Å². The molecule has 0 bridgehead atoms. The molecule has 2 aromatic carbocycles. The molecule has 0 aliphatic carbocycles. The van der Waals surface area contributed by atoms with Crippen molar-refractivity contribution in [3.05, 3.63) is 71.8 Å². The van der Waals surface area contributed by atoms with Crippen LogP contribution in [-0.2, 0) is 0 Å². The van der Waals surface area contributed by atoms with Gasteiger partial charge in [0.05, 0.1) is 0 Å². The van der Waals surface area contributed by atoms with Gasteiger partial charge in [0.25, 0.3) is 0 Å². The van der Waals surface area contributed by atoms with E-state index < -0.39 is 0 Å². The molecule has 0 N–H and O–H groups in total. The SMILES string of the molecule is C1=CCN(CC2c3ccccc3Oc3ccccc32)CC1. The predicted octanol–water partition coefficient (Wildman–Crippen LogP) is 4.19. The van der Waals surface area contributed by atoms with Gasteiger partial charge in [0.15, 0.2) is 0 Å². The smallest absolute Gasteiger partial charge is 0.131 e. The van der Waals surface area contributed by atoms with Gasteiger partial charge in [-0.05, 0) is 18.6 Å². The van der Waals surface area contributed by atoms with E-state index in [2.05, 4.69) is 53.5 Å². The first-order valence-electron chi connectivity index (χ1n) is 7.65. The maximum Gasteiger partial charge on any atom is 0.131 e. The summed E-state index contributed by atoms with van der Waals surface area (Å²) in [4.78, 5) is 2.53. The molecule has 2 nitrogen and oxygen atoms in total. The van der Waals surface area contributed by atoms with Gasteiger partial charge in [0.2, 0.25) is 0 Å². The molecular weight excluding hydrogens is 258 g/mol. The van der Waals surface area contributed by atoms with E-state index in [-0.39, 0.29) is 0 Å². The zero-order valence-electron chi connectivity index (χ0n) is 12.0. The summed E-state index contributed by atoms with van der Waals surface area (Å²) in [5.74, 6) is 2.42. The zero-order chi connectivity index (χ0) is 14.1. The van der Waals surface area contributed by atoms with E-state index in [1.165, 1.54) is 11.1 Å². The summed E-state index contributed by atoms with van der Waals surface area (Å²) in [5.41, 5.74) is 2.62. The molecule has 0 atom stereocenters. The number of hydrogen-bond acceptors (Lipinski definition) is 2. The monoisotopic (exact) mass is 277 g/mol. The van der Waals surface area contributed by atoms with Gasteiger partial charge in [-0.15, -0.1) is 0 Å². The third kappa shape index (κ3) is 2.36. The van der Waals surface area contributed by atoms with Crippen molar-refractivity contribution >= 4 is 0 Å². The fourth-order valence-electron chi connectivity index (χ4n) is 3.32. The fourth-order valence-corrected chi connectivity index (χ4v) is 3.32. The summed E-state index contributed by atoms with van der Waals surface area (Å²) in [7, 11) is 0. The highest BCUT2D eigenvalue weighted by Crippen LogP contribution is 2.44. The molecule has 0 aromatic heterocycles. The van der Waals surface area contributed by atoms with Crippen molar-refractivity contribution < 1.29 is 4.74 Å². The standard InChI is InChI=1S/C19H19NO/c1-6-12-20(13-7-1)14-17-15-8-2-4-10-18(15)21-19-11-5-3-9-16(17)19/h1-6,8-11,17H,7,12-14H2. The molecule has 0 fully saturated rings. The molecule has 0 spiro atoms. The minimum absolute atomic E-state index is 0.401. The van der Waals surface area contributed by atoms with Crippen LogP contribution < -0.4 is 4.74 Å². The lowest BCUT2D eigenvalue weighted by Gasteiger charge is -2.33. The maximum absolute atomic E-state index is 6.06. The first kappa shape index (κ1) is 12.7. The summed E-state index contributed by atoms with van der Waals surface area (Å²) in [5, 5.41) is 0. The third-order valence-electron chi connectivity index (χ3n) is 4.39. The molecule has 2 aliphatic heterocycles. The second kappa shape index (κ2) is 5.38. The van der Waals surface area contributed by atoms with E-state index in [0.29, 0.717) is 5.92 Å². The van der Waals surface area contributed by atoms with Crippen LogP contribution in [0.2, 0.25) is 0 Å². The van der Waals surface area contributed by atoms with Crippen LogP contribution in [0.4, 0.5) is 0 Å². The van der Waals surface area contributed by atoms with Crippen molar-refractivity contribution in [2.45, 2.75) is 12.3 Å². The van der Waals surface area contributed by atoms with Gasteiger partial charge in [0, 0.05) is 36.7 Å². The number of nitrogens with zero attached hydrogens (tertiary/aromatic N) is 1. The maximum atomic E-state index is 6.06. The van der Waals surface area contributed by atoms with Gasteiger partial charge in [-0.3, -0.25) is 4.90 Å². The lowest BCUT2D eigenvalue weighted by molar-refractivity contribution is 0.282. The normalized spacial score (nSPS) is 17.9. The Bertz CT molecular complexity index is 631. The van der Waals surface area contributed by atoms with Gasteiger partial charge in [0.1, 0.15) is 11.5 Å². The first-order valence-corrected chi connectivity index (χ1v) is 7.65. The molecule has 0 radical (unpaired) electrons. The predicted molar refractivity (Wildman–Crippen MR) is 85.0 cm³/mol. The summed E-state index contributed by atoms with van der Waals surface area (Å²) in [6.07, 6.45) is 5.72. The van der Waals surface area contributed by atoms with E-state index in [1.54, 1.807) is 0 Å². The van der Waals surface area contributed by atoms with Crippen LogP contribution in [-0.4, -0.2) is 24.5 Å².